The lowest BCUT2D eigenvalue weighted by Crippen LogP contribution is -2.47. The van der Waals surface area contributed by atoms with Crippen LogP contribution in [0.25, 0.3) is 0 Å². The summed E-state index contributed by atoms with van der Waals surface area (Å²) < 4.78 is 0. The fraction of sp³-hybridized carbons (Fsp3) is 0.667. The highest BCUT2D eigenvalue weighted by Crippen LogP contribution is 2.37. The van der Waals surface area contributed by atoms with Crippen molar-refractivity contribution in [2.24, 2.45) is 5.92 Å². The predicted molar refractivity (Wildman–Crippen MR) is 77.5 cm³/mol. The van der Waals surface area contributed by atoms with E-state index in [0.717, 1.165) is 23.8 Å². The molecule has 4 heteroatoms. The highest BCUT2D eigenvalue weighted by Gasteiger charge is 2.33. The molecule has 1 aliphatic heterocycles. The summed E-state index contributed by atoms with van der Waals surface area (Å²) in [7, 11) is 0. The molecular weight excluding hydrogens is 260 g/mol. The van der Waals surface area contributed by atoms with Crippen LogP contribution in [0, 0.1) is 5.92 Å². The van der Waals surface area contributed by atoms with Gasteiger partial charge in [0.2, 0.25) is 0 Å². The summed E-state index contributed by atoms with van der Waals surface area (Å²) in [5, 5.41) is 9.90. The van der Waals surface area contributed by atoms with Gasteiger partial charge in [-0.3, -0.25) is 0 Å². The average molecular weight is 281 g/mol. The molecule has 1 saturated heterocycles. The largest absolute Gasteiger partial charge is 0.392 e. The Bertz CT molecular complexity index is 450. The first-order chi connectivity index (χ1) is 9.29. The van der Waals surface area contributed by atoms with Crippen molar-refractivity contribution in [3.05, 3.63) is 22.8 Å². The van der Waals surface area contributed by atoms with Gasteiger partial charge in [0.05, 0.1) is 11.6 Å². The Balaban J connectivity index is 1.87. The van der Waals surface area contributed by atoms with Crippen LogP contribution in [0.4, 0.5) is 5.82 Å². The monoisotopic (exact) mass is 280 g/mol. The molecule has 1 N–H and O–H groups in total. The minimum absolute atomic E-state index is 0.0176. The van der Waals surface area contributed by atoms with Gasteiger partial charge in [0.25, 0.3) is 0 Å². The van der Waals surface area contributed by atoms with Crippen molar-refractivity contribution in [3.8, 4) is 0 Å². The van der Waals surface area contributed by atoms with E-state index in [1.165, 1.54) is 38.5 Å². The fourth-order valence-corrected chi connectivity index (χ4v) is 3.82. The van der Waals surface area contributed by atoms with Gasteiger partial charge in [0.15, 0.2) is 0 Å². The van der Waals surface area contributed by atoms with Gasteiger partial charge in [-0.2, -0.15) is 0 Å². The molecule has 19 heavy (non-hydrogen) atoms. The molecule has 0 radical (unpaired) electrons. The standard InChI is InChI=1S/C15H21ClN2O/c16-13-9-17-15(8-12(13)10-19)18-7-3-5-11-4-1-2-6-14(11)18/h8-9,11,14,19H,1-7,10H2. The topological polar surface area (TPSA) is 36.4 Å². The number of rotatable bonds is 2. The highest BCUT2D eigenvalue weighted by molar-refractivity contribution is 6.31. The molecule has 1 aromatic heterocycles. The Morgan fingerprint density at radius 1 is 1.26 bits per heavy atom. The van der Waals surface area contributed by atoms with Gasteiger partial charge in [0.1, 0.15) is 5.82 Å². The molecule has 1 aromatic rings. The molecule has 2 aliphatic rings. The third-order valence-electron chi connectivity index (χ3n) is 4.63. The summed E-state index contributed by atoms with van der Waals surface area (Å²) in [5.74, 6) is 1.82. The van der Waals surface area contributed by atoms with E-state index in [0.29, 0.717) is 11.1 Å². The van der Waals surface area contributed by atoms with Crippen LogP contribution in [0.1, 0.15) is 44.1 Å². The Morgan fingerprint density at radius 2 is 2.05 bits per heavy atom. The number of nitrogens with zero attached hydrogens (tertiary/aromatic N) is 2. The molecule has 2 fully saturated rings. The van der Waals surface area contributed by atoms with E-state index in [4.69, 9.17) is 11.6 Å². The average Bonchev–Trinajstić information content (AvgIpc) is 2.47. The van der Waals surface area contributed by atoms with Gasteiger partial charge in [0, 0.05) is 24.3 Å². The van der Waals surface area contributed by atoms with Gasteiger partial charge in [-0.1, -0.05) is 24.4 Å². The SMILES string of the molecule is OCc1cc(N2CCCC3CCCCC32)ncc1Cl. The highest BCUT2D eigenvalue weighted by atomic mass is 35.5. The second-order valence-electron chi connectivity index (χ2n) is 5.74. The first-order valence-electron chi connectivity index (χ1n) is 7.31. The summed E-state index contributed by atoms with van der Waals surface area (Å²) in [5.41, 5.74) is 0.782. The number of aromatic nitrogens is 1. The second kappa shape index (κ2) is 5.68. The number of aliphatic hydroxyl groups excluding tert-OH is 1. The lowest BCUT2D eigenvalue weighted by molar-refractivity contribution is 0.242. The Morgan fingerprint density at radius 3 is 2.89 bits per heavy atom. The number of hydrogen-bond donors (Lipinski definition) is 1. The number of halogens is 1. The first-order valence-corrected chi connectivity index (χ1v) is 7.69. The van der Waals surface area contributed by atoms with E-state index in [-0.39, 0.29) is 6.61 Å². The minimum Gasteiger partial charge on any atom is -0.392 e. The van der Waals surface area contributed by atoms with Gasteiger partial charge in [-0.25, -0.2) is 4.98 Å². The van der Waals surface area contributed by atoms with Crippen molar-refractivity contribution in [2.45, 2.75) is 51.2 Å². The molecule has 3 nitrogen and oxygen atoms in total. The van der Waals surface area contributed by atoms with Gasteiger partial charge in [-0.15, -0.1) is 0 Å². The molecule has 2 heterocycles. The number of pyridine rings is 1. The van der Waals surface area contributed by atoms with Gasteiger partial charge in [-0.05, 0) is 37.7 Å². The van der Waals surface area contributed by atoms with Crippen LogP contribution in [-0.4, -0.2) is 22.7 Å². The molecule has 2 atom stereocenters. The molecule has 0 aromatic carbocycles. The van der Waals surface area contributed by atoms with Crippen LogP contribution >= 0.6 is 11.6 Å². The molecule has 0 bridgehead atoms. The number of aliphatic hydroxyl groups is 1. The summed E-state index contributed by atoms with van der Waals surface area (Å²) in [6, 6.07) is 2.60. The molecule has 0 spiro atoms. The molecule has 104 valence electrons. The number of hydrogen-bond acceptors (Lipinski definition) is 3. The van der Waals surface area contributed by atoms with Crippen LogP contribution in [0.5, 0.6) is 0 Å². The van der Waals surface area contributed by atoms with E-state index >= 15 is 0 Å². The maximum Gasteiger partial charge on any atom is 0.129 e. The van der Waals surface area contributed by atoms with Crippen LogP contribution in [-0.2, 0) is 6.61 Å². The third kappa shape index (κ3) is 2.59. The normalized spacial score (nSPS) is 27.2. The zero-order valence-corrected chi connectivity index (χ0v) is 11.9. The van der Waals surface area contributed by atoms with E-state index in [1.807, 2.05) is 6.07 Å². The smallest absolute Gasteiger partial charge is 0.129 e. The zero-order chi connectivity index (χ0) is 13.2. The molecular formula is C15H21ClN2O. The minimum atomic E-state index is -0.0176. The van der Waals surface area contributed by atoms with Gasteiger partial charge < -0.3 is 10.0 Å². The second-order valence-corrected chi connectivity index (χ2v) is 6.15. The van der Waals surface area contributed by atoms with Crippen LogP contribution in [0.2, 0.25) is 5.02 Å². The van der Waals surface area contributed by atoms with Crippen molar-refractivity contribution >= 4 is 17.4 Å². The Labute approximate surface area is 119 Å². The van der Waals surface area contributed by atoms with Crippen molar-refractivity contribution in [1.29, 1.82) is 0 Å². The van der Waals surface area contributed by atoms with Crippen LogP contribution < -0.4 is 4.90 Å². The van der Waals surface area contributed by atoms with E-state index in [9.17, 15) is 5.11 Å². The quantitative estimate of drug-likeness (QED) is 0.902. The van der Waals surface area contributed by atoms with Crippen molar-refractivity contribution in [2.75, 3.05) is 11.4 Å². The van der Waals surface area contributed by atoms with E-state index < -0.39 is 0 Å². The molecule has 2 unspecified atom stereocenters. The summed E-state index contributed by atoms with van der Waals surface area (Å²) in [6.07, 6.45) is 9.64. The Kier molecular flexibility index (Phi) is 3.94. The maximum atomic E-state index is 9.34. The molecule has 1 saturated carbocycles. The third-order valence-corrected chi connectivity index (χ3v) is 4.97. The van der Waals surface area contributed by atoms with Crippen LogP contribution in [0.15, 0.2) is 12.3 Å². The summed E-state index contributed by atoms with van der Waals surface area (Å²) >= 11 is 6.03. The van der Waals surface area contributed by atoms with Crippen molar-refractivity contribution in [1.82, 2.24) is 4.98 Å². The molecule has 1 aliphatic carbocycles. The number of anilines is 1. The van der Waals surface area contributed by atoms with Crippen molar-refractivity contribution < 1.29 is 5.11 Å². The summed E-state index contributed by atoms with van der Waals surface area (Å²) in [4.78, 5) is 6.93. The lowest BCUT2D eigenvalue weighted by Gasteiger charge is -2.44. The summed E-state index contributed by atoms with van der Waals surface area (Å²) in [6.45, 7) is 1.07. The first kappa shape index (κ1) is 13.2. The van der Waals surface area contributed by atoms with Crippen molar-refractivity contribution in [3.63, 3.8) is 0 Å². The lowest BCUT2D eigenvalue weighted by atomic mass is 9.78. The predicted octanol–water partition coefficient (Wildman–Crippen LogP) is 3.39. The number of piperidine rings is 1. The Hall–Kier alpha value is -0.800. The zero-order valence-electron chi connectivity index (χ0n) is 11.2. The van der Waals surface area contributed by atoms with E-state index in [1.54, 1.807) is 6.20 Å². The maximum absolute atomic E-state index is 9.34. The van der Waals surface area contributed by atoms with E-state index in [2.05, 4.69) is 9.88 Å². The molecule has 0 amide bonds. The van der Waals surface area contributed by atoms with Gasteiger partial charge >= 0.3 is 0 Å². The fourth-order valence-electron chi connectivity index (χ4n) is 3.66. The number of fused-ring (bicyclic) bond motifs is 1. The molecule has 3 rings (SSSR count). The van der Waals surface area contributed by atoms with Crippen LogP contribution in [0.3, 0.4) is 0 Å².